The summed E-state index contributed by atoms with van der Waals surface area (Å²) in [6, 6.07) is 8.08. The van der Waals surface area contributed by atoms with Crippen LogP contribution in [0, 0.1) is 12.7 Å². The summed E-state index contributed by atoms with van der Waals surface area (Å²) in [6.07, 6.45) is -1.18. The number of ether oxygens (including phenoxy) is 2. The topological polar surface area (TPSA) is 38.7 Å². The van der Waals surface area contributed by atoms with E-state index in [-0.39, 0.29) is 16.3 Å². The van der Waals surface area contributed by atoms with Gasteiger partial charge in [0.15, 0.2) is 0 Å². The molecule has 0 amide bonds. The zero-order chi connectivity index (χ0) is 15.6. The number of methoxy groups -OCH3 is 2. The average Bonchev–Trinajstić information content (AvgIpc) is 2.49. The van der Waals surface area contributed by atoms with E-state index < -0.39 is 11.9 Å². The van der Waals surface area contributed by atoms with E-state index in [4.69, 9.17) is 21.1 Å². The highest BCUT2D eigenvalue weighted by atomic mass is 35.5. The standard InChI is InChI=1S/C16H16ClFO3/c1-9-5-4-6-10(14(9)18)15(19)11-7-8-12(20-2)13(17)16(11)21-3/h4-8,15,19H,1-3H3. The summed E-state index contributed by atoms with van der Waals surface area (Å²) in [5.41, 5.74) is 1.02. The highest BCUT2D eigenvalue weighted by molar-refractivity contribution is 6.33. The lowest BCUT2D eigenvalue weighted by Crippen LogP contribution is -2.06. The molecule has 0 fully saturated rings. The number of hydrogen-bond acceptors (Lipinski definition) is 3. The lowest BCUT2D eigenvalue weighted by molar-refractivity contribution is 0.209. The second kappa shape index (κ2) is 6.33. The fourth-order valence-electron chi connectivity index (χ4n) is 2.18. The smallest absolute Gasteiger partial charge is 0.147 e. The zero-order valence-corrected chi connectivity index (χ0v) is 12.7. The normalized spacial score (nSPS) is 12.1. The molecule has 0 aromatic heterocycles. The highest BCUT2D eigenvalue weighted by Gasteiger charge is 2.23. The third-order valence-corrected chi connectivity index (χ3v) is 3.68. The fourth-order valence-corrected chi connectivity index (χ4v) is 2.51. The van der Waals surface area contributed by atoms with Crippen molar-refractivity contribution in [1.29, 1.82) is 0 Å². The summed E-state index contributed by atoms with van der Waals surface area (Å²) in [5, 5.41) is 10.7. The molecule has 1 atom stereocenters. The van der Waals surface area contributed by atoms with Gasteiger partial charge in [-0.25, -0.2) is 4.39 Å². The van der Waals surface area contributed by atoms with Crippen molar-refractivity contribution in [3.8, 4) is 11.5 Å². The second-order valence-corrected chi connectivity index (χ2v) is 4.96. The predicted octanol–water partition coefficient (Wildman–Crippen LogP) is 3.89. The minimum Gasteiger partial charge on any atom is -0.495 e. The van der Waals surface area contributed by atoms with Crippen molar-refractivity contribution in [2.45, 2.75) is 13.0 Å². The molecule has 0 aliphatic carbocycles. The van der Waals surface area contributed by atoms with Crippen molar-refractivity contribution in [2.75, 3.05) is 14.2 Å². The van der Waals surface area contributed by atoms with Gasteiger partial charge in [-0.15, -0.1) is 0 Å². The molecule has 5 heteroatoms. The van der Waals surface area contributed by atoms with Gasteiger partial charge in [-0.2, -0.15) is 0 Å². The van der Waals surface area contributed by atoms with E-state index in [1.54, 1.807) is 31.2 Å². The van der Waals surface area contributed by atoms with Crippen LogP contribution in [0.1, 0.15) is 22.8 Å². The van der Waals surface area contributed by atoms with Crippen LogP contribution in [-0.2, 0) is 0 Å². The van der Waals surface area contributed by atoms with Gasteiger partial charge in [0.05, 0.1) is 14.2 Å². The first-order chi connectivity index (χ1) is 10.0. The Balaban J connectivity index is 2.56. The highest BCUT2D eigenvalue weighted by Crippen LogP contribution is 2.41. The predicted molar refractivity (Wildman–Crippen MR) is 79.8 cm³/mol. The molecule has 0 aliphatic heterocycles. The van der Waals surface area contributed by atoms with Crippen LogP contribution in [-0.4, -0.2) is 19.3 Å². The number of aliphatic hydroxyl groups excluding tert-OH is 1. The molecular weight excluding hydrogens is 295 g/mol. The van der Waals surface area contributed by atoms with Gasteiger partial charge in [0.2, 0.25) is 0 Å². The maximum Gasteiger partial charge on any atom is 0.147 e. The lowest BCUT2D eigenvalue weighted by atomic mass is 9.98. The van der Waals surface area contributed by atoms with Crippen molar-refractivity contribution in [2.24, 2.45) is 0 Å². The Morgan fingerprint density at radius 3 is 2.43 bits per heavy atom. The zero-order valence-electron chi connectivity index (χ0n) is 12.0. The molecule has 0 bridgehead atoms. The molecule has 2 aromatic rings. The Kier molecular flexibility index (Phi) is 4.70. The molecule has 2 rings (SSSR count). The van der Waals surface area contributed by atoms with Crippen LogP contribution >= 0.6 is 11.6 Å². The third kappa shape index (κ3) is 2.82. The quantitative estimate of drug-likeness (QED) is 0.931. The Bertz CT molecular complexity index is 658. The number of aliphatic hydroxyl groups is 1. The molecule has 0 spiro atoms. The fraction of sp³-hybridized carbons (Fsp3) is 0.250. The van der Waals surface area contributed by atoms with Crippen LogP contribution in [0.4, 0.5) is 4.39 Å². The largest absolute Gasteiger partial charge is 0.495 e. The molecule has 0 heterocycles. The van der Waals surface area contributed by atoms with Crippen molar-refractivity contribution in [1.82, 2.24) is 0 Å². The van der Waals surface area contributed by atoms with Gasteiger partial charge in [0.1, 0.15) is 28.4 Å². The molecule has 0 saturated heterocycles. The molecule has 3 nitrogen and oxygen atoms in total. The summed E-state index contributed by atoms with van der Waals surface area (Å²) in [7, 11) is 2.92. The Labute approximate surface area is 127 Å². The van der Waals surface area contributed by atoms with Crippen molar-refractivity contribution < 1.29 is 19.0 Å². The van der Waals surface area contributed by atoms with Gasteiger partial charge in [0, 0.05) is 11.1 Å². The Morgan fingerprint density at radius 2 is 1.81 bits per heavy atom. The van der Waals surface area contributed by atoms with E-state index >= 15 is 0 Å². The summed E-state index contributed by atoms with van der Waals surface area (Å²) >= 11 is 6.16. The van der Waals surface area contributed by atoms with Crippen LogP contribution in [0.25, 0.3) is 0 Å². The van der Waals surface area contributed by atoms with Crippen LogP contribution in [0.3, 0.4) is 0 Å². The van der Waals surface area contributed by atoms with Crippen LogP contribution < -0.4 is 9.47 Å². The van der Waals surface area contributed by atoms with Crippen LogP contribution in [0.15, 0.2) is 30.3 Å². The molecule has 112 valence electrons. The van der Waals surface area contributed by atoms with E-state index in [2.05, 4.69) is 0 Å². The summed E-state index contributed by atoms with van der Waals surface area (Å²) in [5.74, 6) is 0.248. The first-order valence-corrected chi connectivity index (χ1v) is 6.72. The van der Waals surface area contributed by atoms with Gasteiger partial charge in [0.25, 0.3) is 0 Å². The van der Waals surface area contributed by atoms with E-state index in [9.17, 15) is 9.50 Å². The summed E-state index contributed by atoms with van der Waals surface area (Å²) in [6.45, 7) is 1.64. The van der Waals surface area contributed by atoms with Crippen molar-refractivity contribution in [3.05, 3.63) is 57.9 Å². The number of rotatable bonds is 4. The number of halogens is 2. The number of benzene rings is 2. The van der Waals surface area contributed by atoms with E-state index in [1.165, 1.54) is 20.3 Å². The minimum atomic E-state index is -1.18. The Hall–Kier alpha value is -1.78. The Morgan fingerprint density at radius 1 is 1.10 bits per heavy atom. The molecule has 0 aliphatic rings. The van der Waals surface area contributed by atoms with Gasteiger partial charge < -0.3 is 14.6 Å². The van der Waals surface area contributed by atoms with Gasteiger partial charge in [-0.05, 0) is 24.6 Å². The minimum absolute atomic E-state index is 0.175. The van der Waals surface area contributed by atoms with Gasteiger partial charge in [-0.3, -0.25) is 0 Å². The molecule has 0 radical (unpaired) electrons. The van der Waals surface area contributed by atoms with Crippen LogP contribution in [0.5, 0.6) is 11.5 Å². The third-order valence-electron chi connectivity index (χ3n) is 3.33. The monoisotopic (exact) mass is 310 g/mol. The molecule has 0 saturated carbocycles. The number of aryl methyl sites for hydroxylation is 1. The first kappa shape index (κ1) is 15.6. The van der Waals surface area contributed by atoms with Gasteiger partial charge >= 0.3 is 0 Å². The van der Waals surface area contributed by atoms with E-state index in [0.29, 0.717) is 16.9 Å². The lowest BCUT2D eigenvalue weighted by Gasteiger charge is -2.18. The molecule has 1 unspecified atom stereocenters. The summed E-state index contributed by atoms with van der Waals surface area (Å²) < 4.78 is 24.5. The van der Waals surface area contributed by atoms with Crippen LogP contribution in [0.2, 0.25) is 5.02 Å². The second-order valence-electron chi connectivity index (χ2n) is 4.58. The van der Waals surface area contributed by atoms with Crippen molar-refractivity contribution >= 4 is 11.6 Å². The average molecular weight is 311 g/mol. The maximum atomic E-state index is 14.2. The first-order valence-electron chi connectivity index (χ1n) is 6.34. The molecule has 21 heavy (non-hydrogen) atoms. The molecule has 2 aromatic carbocycles. The summed E-state index contributed by atoms with van der Waals surface area (Å²) in [4.78, 5) is 0. The maximum absolute atomic E-state index is 14.2. The molecular formula is C16H16ClFO3. The van der Waals surface area contributed by atoms with E-state index in [0.717, 1.165) is 0 Å². The SMILES string of the molecule is COc1ccc(C(O)c2cccc(C)c2F)c(OC)c1Cl. The number of hydrogen-bond donors (Lipinski definition) is 1. The van der Waals surface area contributed by atoms with Gasteiger partial charge in [-0.1, -0.05) is 29.8 Å². The molecule has 1 N–H and O–H groups in total. The van der Waals surface area contributed by atoms with E-state index in [1.807, 2.05) is 0 Å². The van der Waals surface area contributed by atoms with Crippen molar-refractivity contribution in [3.63, 3.8) is 0 Å².